The van der Waals surface area contributed by atoms with E-state index in [0.29, 0.717) is 0 Å². The van der Waals surface area contributed by atoms with Crippen molar-refractivity contribution in [2.75, 3.05) is 0 Å². The standard InChI is InChI=1S/C11H18O/c1-2-3-4-7-10-8-5-6-9-11(10)12/h2,8,11-12H,1,3-7,9H2. The van der Waals surface area contributed by atoms with E-state index >= 15 is 0 Å². The first kappa shape index (κ1) is 9.53. The SMILES string of the molecule is C=CCCCC1=CCCCC1O. The Labute approximate surface area is 74.8 Å². The molecule has 1 rings (SSSR count). The van der Waals surface area contributed by atoms with Crippen molar-refractivity contribution >= 4 is 0 Å². The highest BCUT2D eigenvalue weighted by Gasteiger charge is 2.13. The van der Waals surface area contributed by atoms with E-state index in [1.807, 2.05) is 6.08 Å². The highest BCUT2D eigenvalue weighted by atomic mass is 16.3. The zero-order valence-corrected chi connectivity index (χ0v) is 7.63. The van der Waals surface area contributed by atoms with Crippen LogP contribution in [-0.4, -0.2) is 11.2 Å². The van der Waals surface area contributed by atoms with Gasteiger partial charge >= 0.3 is 0 Å². The molecule has 0 aliphatic heterocycles. The molecular formula is C11H18O. The Morgan fingerprint density at radius 2 is 2.50 bits per heavy atom. The number of allylic oxidation sites excluding steroid dienone is 2. The number of rotatable bonds is 4. The zero-order chi connectivity index (χ0) is 8.81. The molecule has 12 heavy (non-hydrogen) atoms. The predicted octanol–water partition coefficient (Wildman–Crippen LogP) is 2.81. The van der Waals surface area contributed by atoms with Crippen molar-refractivity contribution < 1.29 is 5.11 Å². The molecule has 1 unspecified atom stereocenters. The first-order valence-corrected chi connectivity index (χ1v) is 4.82. The lowest BCUT2D eigenvalue weighted by Gasteiger charge is -2.18. The van der Waals surface area contributed by atoms with Crippen molar-refractivity contribution in [3.8, 4) is 0 Å². The van der Waals surface area contributed by atoms with Gasteiger partial charge in [0, 0.05) is 0 Å². The van der Waals surface area contributed by atoms with Gasteiger partial charge in [0.05, 0.1) is 6.10 Å². The summed E-state index contributed by atoms with van der Waals surface area (Å²) >= 11 is 0. The quantitative estimate of drug-likeness (QED) is 0.503. The summed E-state index contributed by atoms with van der Waals surface area (Å²) in [6, 6.07) is 0. The average molecular weight is 166 g/mol. The molecule has 0 aromatic rings. The predicted molar refractivity (Wildman–Crippen MR) is 52.0 cm³/mol. The van der Waals surface area contributed by atoms with Crippen LogP contribution in [0.3, 0.4) is 0 Å². The van der Waals surface area contributed by atoms with Gasteiger partial charge < -0.3 is 5.11 Å². The Bertz CT molecular complexity index is 170. The molecular weight excluding hydrogens is 148 g/mol. The number of hydrogen-bond donors (Lipinski definition) is 1. The lowest BCUT2D eigenvalue weighted by Crippen LogP contribution is -2.13. The molecule has 0 saturated heterocycles. The van der Waals surface area contributed by atoms with Crippen LogP contribution in [0.25, 0.3) is 0 Å². The van der Waals surface area contributed by atoms with Crippen LogP contribution in [0.2, 0.25) is 0 Å². The first-order chi connectivity index (χ1) is 5.84. The van der Waals surface area contributed by atoms with Gasteiger partial charge in [0.25, 0.3) is 0 Å². The molecule has 1 aliphatic carbocycles. The van der Waals surface area contributed by atoms with E-state index < -0.39 is 0 Å². The van der Waals surface area contributed by atoms with Gasteiger partial charge in [-0.15, -0.1) is 6.58 Å². The van der Waals surface area contributed by atoms with Gasteiger partial charge in [-0.2, -0.15) is 0 Å². The Morgan fingerprint density at radius 3 is 3.17 bits per heavy atom. The summed E-state index contributed by atoms with van der Waals surface area (Å²) in [5, 5.41) is 9.57. The topological polar surface area (TPSA) is 20.2 Å². The summed E-state index contributed by atoms with van der Waals surface area (Å²) in [6.07, 6.45) is 10.5. The second-order valence-electron chi connectivity index (χ2n) is 3.41. The van der Waals surface area contributed by atoms with Gasteiger partial charge in [0.2, 0.25) is 0 Å². The van der Waals surface area contributed by atoms with Crippen molar-refractivity contribution in [3.05, 3.63) is 24.3 Å². The Kier molecular flexibility index (Phi) is 4.09. The molecule has 0 spiro atoms. The minimum atomic E-state index is -0.149. The smallest absolute Gasteiger partial charge is 0.0750 e. The van der Waals surface area contributed by atoms with Gasteiger partial charge in [-0.1, -0.05) is 12.2 Å². The highest BCUT2D eigenvalue weighted by Crippen LogP contribution is 2.22. The molecule has 0 aromatic heterocycles. The second kappa shape index (κ2) is 5.15. The van der Waals surface area contributed by atoms with Crippen LogP contribution in [0, 0.1) is 0 Å². The summed E-state index contributed by atoms with van der Waals surface area (Å²) in [5.74, 6) is 0. The summed E-state index contributed by atoms with van der Waals surface area (Å²) in [6.45, 7) is 3.68. The van der Waals surface area contributed by atoms with Crippen LogP contribution < -0.4 is 0 Å². The lowest BCUT2D eigenvalue weighted by molar-refractivity contribution is 0.186. The maximum absolute atomic E-state index is 9.57. The monoisotopic (exact) mass is 166 g/mol. The van der Waals surface area contributed by atoms with Crippen molar-refractivity contribution in [1.82, 2.24) is 0 Å². The van der Waals surface area contributed by atoms with E-state index in [-0.39, 0.29) is 6.10 Å². The average Bonchev–Trinajstić information content (AvgIpc) is 2.09. The van der Waals surface area contributed by atoms with E-state index in [1.54, 1.807) is 0 Å². The molecule has 0 saturated carbocycles. The molecule has 68 valence electrons. The first-order valence-electron chi connectivity index (χ1n) is 4.82. The largest absolute Gasteiger partial charge is 0.389 e. The molecule has 0 radical (unpaired) electrons. The van der Waals surface area contributed by atoms with Crippen LogP contribution in [0.5, 0.6) is 0 Å². The summed E-state index contributed by atoms with van der Waals surface area (Å²) in [7, 11) is 0. The van der Waals surface area contributed by atoms with E-state index in [9.17, 15) is 5.11 Å². The van der Waals surface area contributed by atoms with Crippen LogP contribution in [-0.2, 0) is 0 Å². The van der Waals surface area contributed by atoms with Crippen molar-refractivity contribution in [1.29, 1.82) is 0 Å². The van der Waals surface area contributed by atoms with Crippen LogP contribution in [0.4, 0.5) is 0 Å². The summed E-state index contributed by atoms with van der Waals surface area (Å²) < 4.78 is 0. The second-order valence-corrected chi connectivity index (χ2v) is 3.41. The molecule has 0 amide bonds. The third kappa shape index (κ3) is 2.82. The molecule has 1 atom stereocenters. The van der Waals surface area contributed by atoms with Gasteiger partial charge in [-0.3, -0.25) is 0 Å². The number of hydrogen-bond acceptors (Lipinski definition) is 1. The molecule has 0 bridgehead atoms. The number of aliphatic hydroxyl groups excluding tert-OH is 1. The fourth-order valence-corrected chi connectivity index (χ4v) is 1.64. The number of aliphatic hydroxyl groups is 1. The van der Waals surface area contributed by atoms with Gasteiger partial charge in [0.15, 0.2) is 0 Å². The van der Waals surface area contributed by atoms with E-state index in [4.69, 9.17) is 0 Å². The molecule has 0 fully saturated rings. The number of unbranched alkanes of at least 4 members (excludes halogenated alkanes) is 1. The molecule has 1 N–H and O–H groups in total. The highest BCUT2D eigenvalue weighted by molar-refractivity contribution is 5.10. The van der Waals surface area contributed by atoms with Crippen molar-refractivity contribution in [3.63, 3.8) is 0 Å². The summed E-state index contributed by atoms with van der Waals surface area (Å²) in [4.78, 5) is 0. The Hall–Kier alpha value is -0.560. The molecule has 0 heterocycles. The minimum Gasteiger partial charge on any atom is -0.389 e. The van der Waals surface area contributed by atoms with Crippen LogP contribution >= 0.6 is 0 Å². The zero-order valence-electron chi connectivity index (χ0n) is 7.63. The summed E-state index contributed by atoms with van der Waals surface area (Å²) in [5.41, 5.74) is 1.25. The maximum Gasteiger partial charge on any atom is 0.0750 e. The van der Waals surface area contributed by atoms with Crippen LogP contribution in [0.1, 0.15) is 38.5 Å². The fourth-order valence-electron chi connectivity index (χ4n) is 1.64. The minimum absolute atomic E-state index is 0.149. The Balaban J connectivity index is 2.28. The van der Waals surface area contributed by atoms with E-state index in [0.717, 1.165) is 38.5 Å². The third-order valence-corrected chi connectivity index (χ3v) is 2.39. The van der Waals surface area contributed by atoms with E-state index in [1.165, 1.54) is 5.57 Å². The van der Waals surface area contributed by atoms with Crippen molar-refractivity contribution in [2.24, 2.45) is 0 Å². The molecule has 0 aromatic carbocycles. The lowest BCUT2D eigenvalue weighted by atomic mass is 9.93. The normalized spacial score (nSPS) is 23.4. The Morgan fingerprint density at radius 1 is 1.67 bits per heavy atom. The third-order valence-electron chi connectivity index (χ3n) is 2.39. The van der Waals surface area contributed by atoms with E-state index in [2.05, 4.69) is 12.7 Å². The van der Waals surface area contributed by atoms with Gasteiger partial charge in [0.1, 0.15) is 0 Å². The maximum atomic E-state index is 9.57. The fraction of sp³-hybridized carbons (Fsp3) is 0.636. The molecule has 1 aliphatic rings. The van der Waals surface area contributed by atoms with Gasteiger partial charge in [-0.05, 0) is 44.1 Å². The van der Waals surface area contributed by atoms with Crippen molar-refractivity contribution in [2.45, 2.75) is 44.6 Å². The molecule has 1 nitrogen and oxygen atoms in total. The van der Waals surface area contributed by atoms with Gasteiger partial charge in [-0.25, -0.2) is 0 Å². The van der Waals surface area contributed by atoms with Crippen LogP contribution in [0.15, 0.2) is 24.3 Å². The molecule has 1 heteroatoms.